The molecule has 9 rings (SSSR count). The van der Waals surface area contributed by atoms with Crippen LogP contribution in [0.4, 0.5) is 9.59 Å². The maximum Gasteiger partial charge on any atom is 0.457 e. The van der Waals surface area contributed by atoms with Gasteiger partial charge in [0.15, 0.2) is 0 Å². The van der Waals surface area contributed by atoms with Crippen LogP contribution in [0.3, 0.4) is 0 Å². The molecule has 6 saturated heterocycles. The van der Waals surface area contributed by atoms with Crippen molar-refractivity contribution < 1.29 is 125 Å². The van der Waals surface area contributed by atoms with Gasteiger partial charge in [-0.05, 0) is 249 Å². The molecule has 7 fully saturated rings. The van der Waals surface area contributed by atoms with Gasteiger partial charge < -0.3 is 120 Å². The standard InChI is InChI=1S/C35H56BN3O8.C28H50BN3O8.C25H39BN2O5.C16H31BN2O5/c1-24(2)28(38-31(43)45-32(4,5)6)29(41)37-27-18-21-39(25(3)40)35(22-27,30(42)44-23-26-16-12-11-13-17-26)19-14-15-20-36-46-33(7,8)34(9,10)47-36;1-18(2)21(31-24(37)38-25(4,5)6)22(34)30-20-13-16-32(19(3)33)28(17-20,23(35)36)14-11-12-15-29-39-26(7,8)27(9,10)40-29;1-19(29)28-16-13-21(27)17-25(28,22(30)31-18-20-11-7-6-8-12-20)14-9-10-15-26-32-23(2,3)24(4,5)33-26;1-11(2)13(18)14(20)19-12-6-5-8-16(10-12,15(21)22)7-3-4-9-17(23)24/h11-13,16-17,24,27-28H,14-15,18-23H2,1-10H3,(H,37,41)(H,38,43);18,20-21H,11-17H2,1-10H3,(H,30,34)(H,31,37)(H,35,36);6-8,11-12,21H,9-10,13-18,27H2,1-5H3;11-13,23-24H,3-10,18H2,1-2H3,(H,19,20)(H,21,22)/t27-,28+,35+;20-,21+,28+;21-,25+;12-,13+,16+/m0000/s1. The topological polar surface area (TPSA) is 500 Å². The zero-order valence-electron chi connectivity index (χ0n) is 91.5. The normalized spacial score (nSPS) is 24.6. The fraction of sp³-hybridized carbons (Fsp3) is 0.769. The number of carboxylic acid groups (broad SMARTS) is 2. The number of carbonyl (C=O) groups excluding carboxylic acids is 10. The fourth-order valence-electron chi connectivity index (χ4n) is 19.7. The Morgan fingerprint density at radius 2 is 0.764 bits per heavy atom. The predicted molar refractivity (Wildman–Crippen MR) is 552 cm³/mol. The van der Waals surface area contributed by atoms with Crippen LogP contribution >= 0.6 is 0 Å². The van der Waals surface area contributed by atoms with Crippen LogP contribution in [0, 0.1) is 23.2 Å². The van der Waals surface area contributed by atoms with Crippen molar-refractivity contribution in [2.24, 2.45) is 34.6 Å². The monoisotopic (exact) mass is 2030 g/mol. The summed E-state index contributed by atoms with van der Waals surface area (Å²) in [5, 5.41) is 52.1. The Balaban J connectivity index is 0.000000301. The number of likely N-dealkylation sites (tertiary alicyclic amines) is 3. The first-order chi connectivity index (χ1) is 66.6. The number of ether oxygens (including phenoxy) is 4. The van der Waals surface area contributed by atoms with E-state index in [-0.39, 0.29) is 150 Å². The molecule has 7 aliphatic rings. The molecule has 0 spiro atoms. The molecule has 1 aliphatic carbocycles. The quantitative estimate of drug-likeness (QED) is 0.0128. The molecule has 2 aromatic rings. The fourth-order valence-corrected chi connectivity index (χ4v) is 19.7. The van der Waals surface area contributed by atoms with Crippen LogP contribution < -0.4 is 38.1 Å². The Hall–Kier alpha value is -8.46. The summed E-state index contributed by atoms with van der Waals surface area (Å²) in [5.74, 6) is -4.91. The van der Waals surface area contributed by atoms with Gasteiger partial charge >= 0.3 is 64.5 Å². The van der Waals surface area contributed by atoms with Gasteiger partial charge in [-0.3, -0.25) is 33.6 Å². The van der Waals surface area contributed by atoms with Crippen LogP contribution in [0.5, 0.6) is 0 Å². The highest BCUT2D eigenvalue weighted by Gasteiger charge is 2.58. The number of rotatable bonds is 39. The molecule has 0 unspecified atom stereocenters. The molecule has 8 amide bonds. The molecule has 0 radical (unpaired) electrons. The van der Waals surface area contributed by atoms with Gasteiger partial charge in [-0.25, -0.2) is 24.0 Å². The first kappa shape index (κ1) is 124. The minimum atomic E-state index is -1.45. The minimum Gasteiger partial charge on any atom is -0.481 e. The third-order valence-corrected chi connectivity index (χ3v) is 29.9. The van der Waals surface area contributed by atoms with Crippen molar-refractivity contribution in [3.8, 4) is 0 Å². The average Bonchev–Trinajstić information content (AvgIpc) is 1.45. The molecular formula is C104H176B4N10O26. The van der Waals surface area contributed by atoms with Crippen molar-refractivity contribution in [2.75, 3.05) is 19.6 Å². The number of nitrogens with one attached hydrogen (secondary N) is 5. The first-order valence-corrected chi connectivity index (χ1v) is 52.2. The molecule has 13 N–H and O–H groups in total. The summed E-state index contributed by atoms with van der Waals surface area (Å²) in [6, 6.07) is 15.4. The largest absolute Gasteiger partial charge is 0.481 e. The van der Waals surface area contributed by atoms with Crippen molar-refractivity contribution in [3.63, 3.8) is 0 Å². The Morgan fingerprint density at radius 3 is 1.10 bits per heavy atom. The maximum absolute atomic E-state index is 14.1. The van der Waals surface area contributed by atoms with Crippen LogP contribution in [0.25, 0.3) is 0 Å². The van der Waals surface area contributed by atoms with Crippen LogP contribution in [0.15, 0.2) is 60.7 Å². The summed E-state index contributed by atoms with van der Waals surface area (Å²) in [6.07, 6.45) is 12.3. The highest BCUT2D eigenvalue weighted by Crippen LogP contribution is 2.46. The molecule has 2 aromatic carbocycles. The van der Waals surface area contributed by atoms with E-state index in [0.29, 0.717) is 115 Å². The Kier molecular flexibility index (Phi) is 45.8. The third kappa shape index (κ3) is 35.6. The van der Waals surface area contributed by atoms with Gasteiger partial charge in [0.25, 0.3) is 0 Å². The summed E-state index contributed by atoms with van der Waals surface area (Å²) < 4.78 is 59.0. The second kappa shape index (κ2) is 53.1. The lowest BCUT2D eigenvalue weighted by molar-refractivity contribution is -0.170. The van der Waals surface area contributed by atoms with Gasteiger partial charge in [0.1, 0.15) is 53.1 Å². The number of esters is 2. The van der Waals surface area contributed by atoms with Gasteiger partial charge in [-0.2, -0.15) is 0 Å². The number of carbonyl (C=O) groups is 12. The van der Waals surface area contributed by atoms with E-state index in [2.05, 4.69) is 26.6 Å². The third-order valence-electron chi connectivity index (χ3n) is 29.9. The van der Waals surface area contributed by atoms with Crippen molar-refractivity contribution in [2.45, 2.75) is 470 Å². The number of unbranched alkanes of at least 4 members (excludes halogenated alkanes) is 4. The smallest absolute Gasteiger partial charge is 0.457 e. The van der Waals surface area contributed by atoms with E-state index in [1.54, 1.807) is 51.3 Å². The predicted octanol–water partition coefficient (Wildman–Crippen LogP) is 13.6. The molecule has 36 nitrogen and oxygen atoms in total. The molecule has 1 saturated carbocycles. The maximum atomic E-state index is 14.1. The van der Waals surface area contributed by atoms with Gasteiger partial charge in [0.05, 0.1) is 45.1 Å². The van der Waals surface area contributed by atoms with Gasteiger partial charge in [0.2, 0.25) is 35.4 Å². The molecule has 810 valence electrons. The SMILES string of the molecule is CC(=O)N1CC[C@H](N)C[C@]1(CCCCB1OC(C)(C)C(C)(C)O1)C(=O)OCc1ccccc1.CC(=O)N1CC[C@H](NC(=O)[C@H](NC(=O)OC(C)(C)C)C(C)C)C[C@]1(CCCCB1OC(C)(C)C(C)(C)O1)C(=O)O.CC(=O)N1CC[C@H](NC(=O)[C@H](NC(=O)OC(C)(C)C)C(C)C)C[C@]1(CCCCB1OC(C)(C)C(C)(C)O1)C(=O)OCc1ccccc1.CC(C)[C@@H](N)C(=O)N[C@H]1CCC[C@@](CCCCB(O)O)(C(=O)O)C1. The highest BCUT2D eigenvalue weighted by molar-refractivity contribution is 6.46. The number of hydrogen-bond donors (Lipinski definition) is 11. The number of hydrogen-bond acceptors (Lipinski definition) is 26. The second-order valence-corrected chi connectivity index (χ2v) is 46.6. The number of nitrogens with two attached hydrogens (primary N) is 2. The number of nitrogens with zero attached hydrogens (tertiary/aromatic N) is 3. The lowest BCUT2D eigenvalue weighted by atomic mass is 9.68. The summed E-state index contributed by atoms with van der Waals surface area (Å²) in [5.41, 5.74) is 5.36. The molecule has 6 aliphatic heterocycles. The number of benzene rings is 2. The van der Waals surface area contributed by atoms with E-state index in [9.17, 15) is 67.7 Å². The summed E-state index contributed by atoms with van der Waals surface area (Å²) >= 11 is 0. The van der Waals surface area contributed by atoms with E-state index >= 15 is 0 Å². The molecule has 144 heavy (non-hydrogen) atoms. The van der Waals surface area contributed by atoms with Crippen LogP contribution in [0.2, 0.25) is 25.3 Å². The molecule has 11 atom stereocenters. The molecular weight excluding hydrogens is 1850 g/mol. The van der Waals surface area contributed by atoms with Gasteiger partial charge in [0, 0.05) is 77.4 Å². The first-order valence-electron chi connectivity index (χ1n) is 52.2. The van der Waals surface area contributed by atoms with Crippen molar-refractivity contribution >= 4 is 100.0 Å². The molecule has 40 heteroatoms. The average molecular weight is 2030 g/mol. The minimum absolute atomic E-state index is 0.0303. The number of piperidine rings is 3. The number of amides is 8. The van der Waals surface area contributed by atoms with E-state index in [1.807, 2.05) is 185 Å². The number of carboxylic acids is 2. The Labute approximate surface area is 858 Å². The Bertz CT molecular complexity index is 4490. The lowest BCUT2D eigenvalue weighted by Crippen LogP contribution is -2.65. The molecule has 0 bridgehead atoms. The summed E-state index contributed by atoms with van der Waals surface area (Å²) in [4.78, 5) is 159. The van der Waals surface area contributed by atoms with Gasteiger partial charge in [-0.1, -0.05) is 160 Å². The lowest BCUT2D eigenvalue weighted by Gasteiger charge is -2.48. The van der Waals surface area contributed by atoms with Crippen LogP contribution in [-0.4, -0.2) is 258 Å². The van der Waals surface area contributed by atoms with Crippen LogP contribution in [-0.2, 0) is 108 Å². The Morgan fingerprint density at radius 1 is 0.438 bits per heavy atom. The van der Waals surface area contributed by atoms with E-state index in [4.69, 9.17) is 68.4 Å². The highest BCUT2D eigenvalue weighted by atomic mass is 16.7. The van der Waals surface area contributed by atoms with Crippen molar-refractivity contribution in [1.29, 1.82) is 0 Å². The molecule has 0 aromatic heterocycles. The van der Waals surface area contributed by atoms with E-state index < -0.39 is 129 Å². The van der Waals surface area contributed by atoms with Gasteiger partial charge in [-0.15, -0.1) is 0 Å². The van der Waals surface area contributed by atoms with Crippen molar-refractivity contribution in [3.05, 3.63) is 71.8 Å². The van der Waals surface area contributed by atoms with E-state index in [0.717, 1.165) is 43.1 Å². The van der Waals surface area contributed by atoms with Crippen molar-refractivity contribution in [1.82, 2.24) is 41.3 Å². The number of aliphatic carboxylic acids is 2. The van der Waals surface area contributed by atoms with E-state index in [1.165, 1.54) is 25.7 Å². The summed E-state index contributed by atoms with van der Waals surface area (Å²) in [7, 11) is -2.36. The zero-order chi connectivity index (χ0) is 108. The van der Waals surface area contributed by atoms with Crippen LogP contribution in [0.1, 0.15) is 339 Å². The summed E-state index contributed by atoms with van der Waals surface area (Å²) in [6.45, 7) is 51.2. The number of alkyl carbamates (subject to hydrolysis) is 2. The second-order valence-electron chi connectivity index (χ2n) is 46.6. The molecule has 6 heterocycles. The zero-order valence-corrected chi connectivity index (χ0v) is 91.5.